The minimum absolute atomic E-state index is 0.589. The van der Waals surface area contributed by atoms with Crippen molar-refractivity contribution in [2.24, 2.45) is 0 Å². The summed E-state index contributed by atoms with van der Waals surface area (Å²) in [6.07, 6.45) is 1.21. The summed E-state index contributed by atoms with van der Waals surface area (Å²) in [5, 5.41) is 3.48. The van der Waals surface area contributed by atoms with E-state index in [4.69, 9.17) is 0 Å². The van der Waals surface area contributed by atoms with Gasteiger partial charge in [0.2, 0.25) is 0 Å². The Hall–Kier alpha value is -0.860. The first-order valence-electron chi connectivity index (χ1n) is 7.11. The Bertz CT molecular complexity index is 306. The molecule has 1 N–H and O–H groups in total. The van der Waals surface area contributed by atoms with Gasteiger partial charge in [0.1, 0.15) is 0 Å². The summed E-state index contributed by atoms with van der Waals surface area (Å²) in [6, 6.07) is 11.9. The van der Waals surface area contributed by atoms with Crippen LogP contribution >= 0.6 is 0 Å². The van der Waals surface area contributed by atoms with E-state index < -0.39 is 0 Å². The van der Waals surface area contributed by atoms with Gasteiger partial charge in [-0.1, -0.05) is 44.2 Å². The number of hydrogen-bond donors (Lipinski definition) is 1. The van der Waals surface area contributed by atoms with Crippen LogP contribution in [0.3, 0.4) is 0 Å². The van der Waals surface area contributed by atoms with Crippen molar-refractivity contribution in [3.05, 3.63) is 35.9 Å². The van der Waals surface area contributed by atoms with E-state index in [2.05, 4.69) is 68.2 Å². The van der Waals surface area contributed by atoms with Crippen LogP contribution in [-0.4, -0.2) is 30.1 Å². The second-order valence-electron chi connectivity index (χ2n) is 5.51. The fraction of sp³-hybridized carbons (Fsp3) is 0.625. The third-order valence-corrected chi connectivity index (χ3v) is 3.13. The number of nitrogens with one attached hydrogen (secondary N) is 1. The average molecular weight is 248 g/mol. The maximum absolute atomic E-state index is 3.48. The number of nitrogens with zero attached hydrogens (tertiary/aromatic N) is 1. The molecule has 2 heteroatoms. The Morgan fingerprint density at radius 3 is 2.28 bits per heavy atom. The Balaban J connectivity index is 2.36. The van der Waals surface area contributed by atoms with Crippen LogP contribution in [0.15, 0.2) is 30.3 Å². The lowest BCUT2D eigenvalue weighted by atomic mass is 10.2. The van der Waals surface area contributed by atoms with Gasteiger partial charge in [-0.2, -0.15) is 0 Å². The summed E-state index contributed by atoms with van der Waals surface area (Å²) in [5.41, 5.74) is 1.41. The molecule has 0 fully saturated rings. The van der Waals surface area contributed by atoms with Crippen LogP contribution in [0.25, 0.3) is 0 Å². The predicted molar refractivity (Wildman–Crippen MR) is 79.7 cm³/mol. The van der Waals surface area contributed by atoms with Gasteiger partial charge in [0.05, 0.1) is 0 Å². The summed E-state index contributed by atoms with van der Waals surface area (Å²) in [4.78, 5) is 2.54. The zero-order chi connectivity index (χ0) is 13.4. The summed E-state index contributed by atoms with van der Waals surface area (Å²) in [5.74, 6) is 0. The van der Waals surface area contributed by atoms with Gasteiger partial charge in [0, 0.05) is 18.6 Å². The number of rotatable bonds is 8. The average Bonchev–Trinajstić information content (AvgIpc) is 2.33. The molecule has 0 spiro atoms. The van der Waals surface area contributed by atoms with Crippen molar-refractivity contribution < 1.29 is 0 Å². The first kappa shape index (κ1) is 15.2. The third kappa shape index (κ3) is 6.18. The minimum atomic E-state index is 0.589. The van der Waals surface area contributed by atoms with Crippen molar-refractivity contribution in [2.75, 3.05) is 13.1 Å². The minimum Gasteiger partial charge on any atom is -0.314 e. The van der Waals surface area contributed by atoms with Gasteiger partial charge in [-0.25, -0.2) is 0 Å². The van der Waals surface area contributed by atoms with Crippen LogP contribution in [0.1, 0.15) is 39.7 Å². The zero-order valence-electron chi connectivity index (χ0n) is 12.3. The Morgan fingerprint density at radius 2 is 1.72 bits per heavy atom. The van der Waals surface area contributed by atoms with Crippen LogP contribution in [0.5, 0.6) is 0 Å². The smallest absolute Gasteiger partial charge is 0.0236 e. The van der Waals surface area contributed by atoms with Crippen LogP contribution in [-0.2, 0) is 6.54 Å². The molecule has 0 aromatic heterocycles. The van der Waals surface area contributed by atoms with E-state index in [1.54, 1.807) is 0 Å². The third-order valence-electron chi connectivity index (χ3n) is 3.13. The van der Waals surface area contributed by atoms with Crippen molar-refractivity contribution in [2.45, 2.75) is 52.7 Å². The Morgan fingerprint density at radius 1 is 1.06 bits per heavy atom. The van der Waals surface area contributed by atoms with Gasteiger partial charge >= 0.3 is 0 Å². The summed E-state index contributed by atoms with van der Waals surface area (Å²) >= 11 is 0. The second-order valence-corrected chi connectivity index (χ2v) is 5.51. The molecule has 0 amide bonds. The highest BCUT2D eigenvalue weighted by Gasteiger charge is 2.09. The molecule has 0 unspecified atom stereocenters. The highest BCUT2D eigenvalue weighted by atomic mass is 15.1. The Labute approximate surface area is 112 Å². The standard InChI is InChI=1S/C16H28N2/c1-14(2)17-11-8-12-18(15(3)4)13-16-9-6-5-7-10-16/h5-7,9-10,14-15,17H,8,11-13H2,1-4H3. The highest BCUT2D eigenvalue weighted by Crippen LogP contribution is 2.08. The van der Waals surface area contributed by atoms with Crippen molar-refractivity contribution in [1.82, 2.24) is 10.2 Å². The van der Waals surface area contributed by atoms with Crippen LogP contribution in [0, 0.1) is 0 Å². The molecule has 0 aliphatic carbocycles. The van der Waals surface area contributed by atoms with Gasteiger partial charge in [-0.15, -0.1) is 0 Å². The molecular weight excluding hydrogens is 220 g/mol. The molecule has 0 aliphatic heterocycles. The zero-order valence-corrected chi connectivity index (χ0v) is 12.3. The maximum Gasteiger partial charge on any atom is 0.0236 e. The van der Waals surface area contributed by atoms with Gasteiger partial charge in [0.15, 0.2) is 0 Å². The van der Waals surface area contributed by atoms with Gasteiger partial charge in [-0.3, -0.25) is 4.90 Å². The van der Waals surface area contributed by atoms with Crippen molar-refractivity contribution >= 4 is 0 Å². The van der Waals surface area contributed by atoms with Gasteiger partial charge in [-0.05, 0) is 38.9 Å². The summed E-state index contributed by atoms with van der Waals surface area (Å²) < 4.78 is 0. The van der Waals surface area contributed by atoms with E-state index in [0.29, 0.717) is 12.1 Å². The van der Waals surface area contributed by atoms with E-state index >= 15 is 0 Å². The predicted octanol–water partition coefficient (Wildman–Crippen LogP) is 3.29. The molecule has 0 saturated carbocycles. The van der Waals surface area contributed by atoms with E-state index in [1.807, 2.05) is 0 Å². The van der Waals surface area contributed by atoms with Crippen LogP contribution < -0.4 is 5.32 Å². The van der Waals surface area contributed by atoms with Crippen molar-refractivity contribution in [3.63, 3.8) is 0 Å². The summed E-state index contributed by atoms with van der Waals surface area (Å²) in [7, 11) is 0. The molecular formula is C16H28N2. The quantitative estimate of drug-likeness (QED) is 0.710. The SMILES string of the molecule is CC(C)NCCCN(Cc1ccccc1)C(C)C. The van der Waals surface area contributed by atoms with E-state index in [9.17, 15) is 0 Å². The Kier molecular flexibility index (Phi) is 6.99. The van der Waals surface area contributed by atoms with Crippen molar-refractivity contribution in [1.29, 1.82) is 0 Å². The number of hydrogen-bond acceptors (Lipinski definition) is 2. The van der Waals surface area contributed by atoms with E-state index in [0.717, 1.165) is 19.6 Å². The molecule has 0 bridgehead atoms. The molecule has 0 aliphatic rings. The lowest BCUT2D eigenvalue weighted by molar-refractivity contribution is 0.209. The second kappa shape index (κ2) is 8.28. The topological polar surface area (TPSA) is 15.3 Å². The lowest BCUT2D eigenvalue weighted by Gasteiger charge is -2.26. The fourth-order valence-corrected chi connectivity index (χ4v) is 2.01. The van der Waals surface area contributed by atoms with Crippen molar-refractivity contribution in [3.8, 4) is 0 Å². The normalized spacial score (nSPS) is 11.7. The van der Waals surface area contributed by atoms with Gasteiger partial charge in [0.25, 0.3) is 0 Å². The number of benzene rings is 1. The maximum atomic E-state index is 3.48. The van der Waals surface area contributed by atoms with E-state index in [-0.39, 0.29) is 0 Å². The lowest BCUT2D eigenvalue weighted by Crippen LogP contribution is -2.34. The molecule has 1 rings (SSSR count). The molecule has 0 heterocycles. The molecule has 2 nitrogen and oxygen atoms in total. The first-order valence-corrected chi connectivity index (χ1v) is 7.11. The summed E-state index contributed by atoms with van der Waals surface area (Å²) in [6.45, 7) is 12.3. The monoisotopic (exact) mass is 248 g/mol. The van der Waals surface area contributed by atoms with Gasteiger partial charge < -0.3 is 5.32 Å². The molecule has 1 aromatic rings. The molecule has 18 heavy (non-hydrogen) atoms. The molecule has 1 aromatic carbocycles. The largest absolute Gasteiger partial charge is 0.314 e. The first-order chi connectivity index (χ1) is 8.59. The molecule has 0 atom stereocenters. The molecule has 102 valence electrons. The van der Waals surface area contributed by atoms with E-state index in [1.165, 1.54) is 12.0 Å². The fourth-order valence-electron chi connectivity index (χ4n) is 2.01. The highest BCUT2D eigenvalue weighted by molar-refractivity contribution is 5.14. The van der Waals surface area contributed by atoms with Crippen LogP contribution in [0.2, 0.25) is 0 Å². The molecule has 0 saturated heterocycles. The van der Waals surface area contributed by atoms with Crippen LogP contribution in [0.4, 0.5) is 0 Å². The molecule has 0 radical (unpaired) electrons.